The first kappa shape index (κ1) is 8.75. The standard InChI is InChI=1S/C12H11NO/c1-3-10-8-13(9(2)14)12-7-5-4-6-11(10)12/h3-8H,1H2,2H3. The van der Waals surface area contributed by atoms with Gasteiger partial charge in [0.25, 0.3) is 0 Å². The third-order valence-electron chi connectivity index (χ3n) is 2.30. The van der Waals surface area contributed by atoms with Crippen LogP contribution in [0.1, 0.15) is 17.3 Å². The summed E-state index contributed by atoms with van der Waals surface area (Å²) in [6, 6.07) is 7.81. The summed E-state index contributed by atoms with van der Waals surface area (Å²) in [7, 11) is 0. The van der Waals surface area contributed by atoms with Crippen molar-refractivity contribution in [2.24, 2.45) is 0 Å². The number of carbonyl (C=O) groups excluding carboxylic acids is 1. The fraction of sp³-hybridized carbons (Fsp3) is 0.0833. The second kappa shape index (κ2) is 3.14. The van der Waals surface area contributed by atoms with Crippen molar-refractivity contribution >= 4 is 22.9 Å². The van der Waals surface area contributed by atoms with E-state index in [2.05, 4.69) is 6.58 Å². The summed E-state index contributed by atoms with van der Waals surface area (Å²) in [5, 5.41) is 1.07. The molecule has 2 nitrogen and oxygen atoms in total. The van der Waals surface area contributed by atoms with Crippen molar-refractivity contribution in [2.75, 3.05) is 0 Å². The molecule has 1 aromatic carbocycles. The smallest absolute Gasteiger partial charge is 0.227 e. The molecule has 0 radical (unpaired) electrons. The number of para-hydroxylation sites is 1. The van der Waals surface area contributed by atoms with Gasteiger partial charge in [0.05, 0.1) is 5.52 Å². The topological polar surface area (TPSA) is 22.0 Å². The number of benzene rings is 1. The minimum Gasteiger partial charge on any atom is -0.287 e. The van der Waals surface area contributed by atoms with Crippen LogP contribution in [0, 0.1) is 0 Å². The maximum atomic E-state index is 11.3. The third-order valence-corrected chi connectivity index (χ3v) is 2.30. The number of hydrogen-bond acceptors (Lipinski definition) is 1. The van der Waals surface area contributed by atoms with Gasteiger partial charge in [-0.05, 0) is 11.6 Å². The molecule has 0 bridgehead atoms. The molecule has 0 saturated heterocycles. The lowest BCUT2D eigenvalue weighted by Gasteiger charge is -1.96. The van der Waals surface area contributed by atoms with Crippen molar-refractivity contribution in [3.8, 4) is 0 Å². The fourth-order valence-corrected chi connectivity index (χ4v) is 1.63. The van der Waals surface area contributed by atoms with Crippen molar-refractivity contribution in [3.63, 3.8) is 0 Å². The van der Waals surface area contributed by atoms with Crippen LogP contribution < -0.4 is 0 Å². The van der Waals surface area contributed by atoms with Gasteiger partial charge in [0.1, 0.15) is 0 Å². The lowest BCUT2D eigenvalue weighted by Crippen LogP contribution is -2.02. The molecular formula is C12H11NO. The van der Waals surface area contributed by atoms with Crippen molar-refractivity contribution in [3.05, 3.63) is 42.6 Å². The fourth-order valence-electron chi connectivity index (χ4n) is 1.63. The summed E-state index contributed by atoms with van der Waals surface area (Å²) in [5.41, 5.74) is 1.94. The highest BCUT2D eigenvalue weighted by molar-refractivity contribution is 5.96. The number of aromatic nitrogens is 1. The summed E-state index contributed by atoms with van der Waals surface area (Å²) < 4.78 is 1.65. The van der Waals surface area contributed by atoms with Crippen molar-refractivity contribution in [2.45, 2.75) is 6.92 Å². The van der Waals surface area contributed by atoms with Crippen LogP contribution in [0.3, 0.4) is 0 Å². The van der Waals surface area contributed by atoms with Crippen LogP contribution in [0.15, 0.2) is 37.0 Å². The van der Waals surface area contributed by atoms with Gasteiger partial charge in [0.15, 0.2) is 0 Å². The Labute approximate surface area is 82.5 Å². The molecule has 0 aliphatic heterocycles. The molecule has 0 aliphatic rings. The molecule has 14 heavy (non-hydrogen) atoms. The van der Waals surface area contributed by atoms with Crippen molar-refractivity contribution in [1.82, 2.24) is 4.57 Å². The Hall–Kier alpha value is -1.83. The molecular weight excluding hydrogens is 174 g/mol. The zero-order valence-corrected chi connectivity index (χ0v) is 8.03. The largest absolute Gasteiger partial charge is 0.287 e. The number of rotatable bonds is 1. The molecule has 2 rings (SSSR count). The number of hydrogen-bond donors (Lipinski definition) is 0. The number of carbonyl (C=O) groups is 1. The maximum absolute atomic E-state index is 11.3. The Morgan fingerprint density at radius 1 is 1.43 bits per heavy atom. The molecule has 1 heterocycles. The average Bonchev–Trinajstić information content (AvgIpc) is 2.56. The van der Waals surface area contributed by atoms with Gasteiger partial charge in [0.2, 0.25) is 5.91 Å². The van der Waals surface area contributed by atoms with Gasteiger partial charge in [-0.1, -0.05) is 30.9 Å². The molecule has 2 aromatic rings. The van der Waals surface area contributed by atoms with E-state index in [1.165, 1.54) is 0 Å². The molecule has 0 spiro atoms. The predicted octanol–water partition coefficient (Wildman–Crippen LogP) is 2.94. The predicted molar refractivity (Wildman–Crippen MR) is 58.3 cm³/mol. The van der Waals surface area contributed by atoms with Crippen LogP contribution in [0.5, 0.6) is 0 Å². The van der Waals surface area contributed by atoms with Crippen LogP contribution in [-0.2, 0) is 0 Å². The molecule has 1 aromatic heterocycles. The second-order valence-electron chi connectivity index (χ2n) is 3.19. The highest BCUT2D eigenvalue weighted by Gasteiger charge is 2.07. The van der Waals surface area contributed by atoms with E-state index in [1.807, 2.05) is 30.5 Å². The minimum atomic E-state index is 0.0225. The van der Waals surface area contributed by atoms with Gasteiger partial charge in [-0.3, -0.25) is 9.36 Å². The molecule has 0 unspecified atom stereocenters. The number of fused-ring (bicyclic) bond motifs is 1. The molecule has 2 heteroatoms. The lowest BCUT2D eigenvalue weighted by molar-refractivity contribution is 0.0941. The molecule has 0 fully saturated rings. The Kier molecular flexibility index (Phi) is 1.97. The van der Waals surface area contributed by atoms with E-state index in [0.717, 1.165) is 16.5 Å². The Morgan fingerprint density at radius 2 is 2.14 bits per heavy atom. The van der Waals surface area contributed by atoms with E-state index in [-0.39, 0.29) is 5.91 Å². The number of nitrogens with zero attached hydrogens (tertiary/aromatic N) is 1. The lowest BCUT2D eigenvalue weighted by atomic mass is 10.2. The SMILES string of the molecule is C=Cc1cn(C(C)=O)c2ccccc12. The quantitative estimate of drug-likeness (QED) is 0.669. The second-order valence-corrected chi connectivity index (χ2v) is 3.19. The van der Waals surface area contributed by atoms with E-state index in [0.29, 0.717) is 0 Å². The van der Waals surface area contributed by atoms with Crippen LogP contribution in [0.25, 0.3) is 17.0 Å². The highest BCUT2D eigenvalue weighted by atomic mass is 16.1. The summed E-state index contributed by atoms with van der Waals surface area (Å²) in [6.07, 6.45) is 3.59. The van der Waals surface area contributed by atoms with Crippen molar-refractivity contribution in [1.29, 1.82) is 0 Å². The maximum Gasteiger partial charge on any atom is 0.227 e. The first-order valence-electron chi connectivity index (χ1n) is 4.47. The molecule has 0 N–H and O–H groups in total. The van der Waals surface area contributed by atoms with Crippen LogP contribution >= 0.6 is 0 Å². The molecule has 0 amide bonds. The van der Waals surface area contributed by atoms with E-state index in [9.17, 15) is 4.79 Å². The van der Waals surface area contributed by atoms with Crippen molar-refractivity contribution < 1.29 is 4.79 Å². The highest BCUT2D eigenvalue weighted by Crippen LogP contribution is 2.21. The van der Waals surface area contributed by atoms with Crippen LogP contribution in [0.2, 0.25) is 0 Å². The van der Waals surface area contributed by atoms with Gasteiger partial charge in [0, 0.05) is 18.5 Å². The van der Waals surface area contributed by atoms with Gasteiger partial charge >= 0.3 is 0 Å². The monoisotopic (exact) mass is 185 g/mol. The minimum absolute atomic E-state index is 0.0225. The van der Waals surface area contributed by atoms with Gasteiger partial charge < -0.3 is 0 Å². The Morgan fingerprint density at radius 3 is 2.79 bits per heavy atom. The summed E-state index contributed by atoms with van der Waals surface area (Å²) in [4.78, 5) is 11.3. The molecule has 0 atom stereocenters. The summed E-state index contributed by atoms with van der Waals surface area (Å²) in [5.74, 6) is 0.0225. The van der Waals surface area contributed by atoms with E-state index in [4.69, 9.17) is 0 Å². The first-order chi connectivity index (χ1) is 6.74. The first-order valence-corrected chi connectivity index (χ1v) is 4.47. The van der Waals surface area contributed by atoms with Crippen LogP contribution in [-0.4, -0.2) is 10.5 Å². The van der Waals surface area contributed by atoms with Gasteiger partial charge in [-0.2, -0.15) is 0 Å². The Balaban J connectivity index is 2.86. The Bertz CT molecular complexity index is 508. The van der Waals surface area contributed by atoms with Crippen LogP contribution in [0.4, 0.5) is 0 Å². The van der Waals surface area contributed by atoms with E-state index in [1.54, 1.807) is 17.6 Å². The van der Waals surface area contributed by atoms with E-state index < -0.39 is 0 Å². The normalized spacial score (nSPS) is 10.4. The third kappa shape index (κ3) is 1.16. The molecule has 0 saturated carbocycles. The zero-order valence-electron chi connectivity index (χ0n) is 8.03. The summed E-state index contributed by atoms with van der Waals surface area (Å²) >= 11 is 0. The van der Waals surface area contributed by atoms with Gasteiger partial charge in [-0.15, -0.1) is 0 Å². The summed E-state index contributed by atoms with van der Waals surface area (Å²) in [6.45, 7) is 5.28. The van der Waals surface area contributed by atoms with Gasteiger partial charge in [-0.25, -0.2) is 0 Å². The average molecular weight is 185 g/mol. The van der Waals surface area contributed by atoms with E-state index >= 15 is 0 Å². The zero-order chi connectivity index (χ0) is 10.1. The molecule has 70 valence electrons. The molecule has 0 aliphatic carbocycles.